The van der Waals surface area contributed by atoms with Crippen LogP contribution in [-0.4, -0.2) is 53.7 Å². The number of anilines is 2. The fourth-order valence-corrected chi connectivity index (χ4v) is 3.72. The van der Waals surface area contributed by atoms with Gasteiger partial charge >= 0.3 is 6.16 Å². The van der Waals surface area contributed by atoms with Gasteiger partial charge in [0.2, 0.25) is 0 Å². The van der Waals surface area contributed by atoms with Gasteiger partial charge in [0.25, 0.3) is 5.91 Å². The van der Waals surface area contributed by atoms with Gasteiger partial charge in [0, 0.05) is 30.4 Å². The number of ether oxygens (including phenoxy) is 2. The Kier molecular flexibility index (Phi) is 4.65. The first-order chi connectivity index (χ1) is 13.1. The van der Waals surface area contributed by atoms with Crippen LogP contribution in [0.25, 0.3) is 10.2 Å². The molecule has 1 aliphatic heterocycles. The summed E-state index contributed by atoms with van der Waals surface area (Å²) >= 11 is 1.10. The zero-order valence-electron chi connectivity index (χ0n) is 14.1. The first-order valence-electron chi connectivity index (χ1n) is 8.23. The van der Waals surface area contributed by atoms with Gasteiger partial charge in [-0.1, -0.05) is 17.4 Å². The van der Waals surface area contributed by atoms with Crippen molar-refractivity contribution in [1.29, 1.82) is 0 Å². The molecule has 4 rings (SSSR count). The van der Waals surface area contributed by atoms with Crippen LogP contribution in [0.15, 0.2) is 30.3 Å². The third kappa shape index (κ3) is 3.71. The van der Waals surface area contributed by atoms with Crippen LogP contribution in [0.2, 0.25) is 0 Å². The predicted octanol–water partition coefficient (Wildman–Crippen LogP) is 2.77. The molecule has 1 fully saturated rings. The first kappa shape index (κ1) is 17.3. The summed E-state index contributed by atoms with van der Waals surface area (Å²) in [4.78, 5) is 26.1. The number of nitrogens with zero attached hydrogens (tertiary/aromatic N) is 2. The van der Waals surface area contributed by atoms with Crippen molar-refractivity contribution in [2.24, 2.45) is 0 Å². The van der Waals surface area contributed by atoms with Crippen LogP contribution in [0, 0.1) is 0 Å². The first-order valence-corrected chi connectivity index (χ1v) is 9.04. The van der Waals surface area contributed by atoms with E-state index in [1.54, 1.807) is 6.07 Å². The van der Waals surface area contributed by atoms with E-state index in [4.69, 9.17) is 9.84 Å². The summed E-state index contributed by atoms with van der Waals surface area (Å²) in [6.45, 7) is 2.90. The molecule has 27 heavy (non-hydrogen) atoms. The lowest BCUT2D eigenvalue weighted by atomic mass is 10.1. The van der Waals surface area contributed by atoms with E-state index >= 15 is 0 Å². The highest BCUT2D eigenvalue weighted by Gasteiger charge is 2.17. The van der Waals surface area contributed by atoms with Crippen LogP contribution in [0.4, 0.5) is 16.3 Å². The second-order valence-corrected chi connectivity index (χ2v) is 6.87. The number of carbonyl (C=O) groups excluding carboxylic acids is 1. The average molecular weight is 388 g/mol. The maximum Gasteiger partial charge on any atom is 0.512 e. The highest BCUT2D eigenvalue weighted by Crippen LogP contribution is 2.34. The standard InChI is InChI=1S/C17H16N4O5S/c22-15(10-2-1-3-11(8-10)21-4-6-25-7-5-21)18-14-12-9-13(26-17(23)24)27-16(12)20-19-14/h1-3,8-9H,4-7H2,(H,23,24)(H2,18,19,20,22). The minimum absolute atomic E-state index is 0.205. The number of amides is 1. The van der Waals surface area contributed by atoms with E-state index in [2.05, 4.69) is 25.2 Å². The van der Waals surface area contributed by atoms with Crippen molar-refractivity contribution in [3.63, 3.8) is 0 Å². The summed E-state index contributed by atoms with van der Waals surface area (Å²) in [6.07, 6.45) is -1.39. The summed E-state index contributed by atoms with van der Waals surface area (Å²) in [5, 5.41) is 19.1. The Hall–Kier alpha value is -3.11. The van der Waals surface area contributed by atoms with Gasteiger partial charge in [0.15, 0.2) is 10.9 Å². The Bertz CT molecular complexity index is 992. The zero-order chi connectivity index (χ0) is 18.8. The quantitative estimate of drug-likeness (QED) is 0.588. The minimum Gasteiger partial charge on any atom is -0.449 e. The maximum absolute atomic E-state index is 12.6. The van der Waals surface area contributed by atoms with Crippen LogP contribution in [-0.2, 0) is 4.74 Å². The number of morpholine rings is 1. The number of thiophene rings is 1. The van der Waals surface area contributed by atoms with E-state index in [-0.39, 0.29) is 11.0 Å². The van der Waals surface area contributed by atoms with Gasteiger partial charge in [0.1, 0.15) is 4.83 Å². The molecule has 1 aromatic carbocycles. The molecule has 0 radical (unpaired) electrons. The number of rotatable bonds is 4. The summed E-state index contributed by atoms with van der Waals surface area (Å²) in [6, 6.07) is 8.89. The second-order valence-electron chi connectivity index (χ2n) is 5.85. The molecule has 3 aromatic rings. The normalized spacial score (nSPS) is 14.3. The fourth-order valence-electron chi connectivity index (χ4n) is 2.87. The van der Waals surface area contributed by atoms with E-state index in [0.29, 0.717) is 34.8 Å². The number of hydrogen-bond acceptors (Lipinski definition) is 7. The van der Waals surface area contributed by atoms with Crippen LogP contribution in [0.5, 0.6) is 5.06 Å². The third-order valence-electron chi connectivity index (χ3n) is 4.14. The topological polar surface area (TPSA) is 117 Å². The van der Waals surface area contributed by atoms with E-state index in [1.807, 2.05) is 18.2 Å². The number of aromatic amines is 1. The second kappa shape index (κ2) is 7.25. The summed E-state index contributed by atoms with van der Waals surface area (Å²) < 4.78 is 10.0. The number of aromatic nitrogens is 2. The fraction of sp³-hybridized carbons (Fsp3) is 0.235. The molecule has 1 aliphatic rings. The molecule has 10 heteroatoms. The van der Waals surface area contributed by atoms with Gasteiger partial charge in [-0.25, -0.2) is 4.79 Å². The van der Waals surface area contributed by atoms with Gasteiger partial charge in [0.05, 0.1) is 18.6 Å². The van der Waals surface area contributed by atoms with Gasteiger partial charge < -0.3 is 24.8 Å². The third-order valence-corrected chi connectivity index (χ3v) is 5.06. The maximum atomic E-state index is 12.6. The largest absolute Gasteiger partial charge is 0.512 e. The molecule has 0 saturated carbocycles. The van der Waals surface area contributed by atoms with Crippen molar-refractivity contribution in [2.75, 3.05) is 36.5 Å². The van der Waals surface area contributed by atoms with Crippen molar-refractivity contribution in [2.45, 2.75) is 0 Å². The van der Waals surface area contributed by atoms with Gasteiger partial charge in [-0.2, -0.15) is 5.10 Å². The summed E-state index contributed by atoms with van der Waals surface area (Å²) in [5.74, 6) is 0.0219. The Morgan fingerprint density at radius 2 is 2.11 bits per heavy atom. The number of carboxylic acid groups (broad SMARTS) is 1. The number of H-pyrrole nitrogens is 1. The molecule has 0 unspecified atom stereocenters. The smallest absolute Gasteiger partial charge is 0.449 e. The summed E-state index contributed by atoms with van der Waals surface area (Å²) in [5.41, 5.74) is 1.47. The molecule has 140 valence electrons. The molecule has 2 aromatic heterocycles. The molecule has 1 saturated heterocycles. The predicted molar refractivity (Wildman–Crippen MR) is 100 cm³/mol. The van der Waals surface area contributed by atoms with E-state index in [1.165, 1.54) is 6.07 Å². The molecule has 1 amide bonds. The van der Waals surface area contributed by atoms with Gasteiger partial charge in [-0.05, 0) is 18.2 Å². The lowest BCUT2D eigenvalue weighted by molar-refractivity contribution is 0.102. The molecule has 9 nitrogen and oxygen atoms in total. The lowest BCUT2D eigenvalue weighted by Gasteiger charge is -2.29. The van der Waals surface area contributed by atoms with Crippen molar-refractivity contribution < 1.29 is 24.2 Å². The highest BCUT2D eigenvalue weighted by molar-refractivity contribution is 7.20. The van der Waals surface area contributed by atoms with Crippen molar-refractivity contribution >= 4 is 45.1 Å². The minimum atomic E-state index is -1.39. The van der Waals surface area contributed by atoms with Crippen LogP contribution in [0.3, 0.4) is 0 Å². The number of hydrogen-bond donors (Lipinski definition) is 3. The van der Waals surface area contributed by atoms with Gasteiger partial charge in [-0.3, -0.25) is 9.89 Å². The average Bonchev–Trinajstić information content (AvgIpc) is 3.23. The Morgan fingerprint density at radius 1 is 1.30 bits per heavy atom. The monoisotopic (exact) mass is 388 g/mol. The van der Waals surface area contributed by atoms with E-state index in [9.17, 15) is 9.59 Å². The Labute approximate surface area is 157 Å². The molecule has 0 spiro atoms. The van der Waals surface area contributed by atoms with Crippen molar-refractivity contribution in [3.05, 3.63) is 35.9 Å². The molecule has 0 bridgehead atoms. The van der Waals surface area contributed by atoms with E-state index in [0.717, 1.165) is 30.1 Å². The van der Waals surface area contributed by atoms with Crippen molar-refractivity contribution in [3.8, 4) is 5.06 Å². The van der Waals surface area contributed by atoms with Crippen LogP contribution < -0.4 is 15.0 Å². The number of fused-ring (bicyclic) bond motifs is 1. The SMILES string of the molecule is O=C(O)Oc1cc2c(NC(=O)c3cccc(N4CCOCC4)c3)n[nH]c2s1. The molecular weight excluding hydrogens is 372 g/mol. The summed E-state index contributed by atoms with van der Waals surface area (Å²) in [7, 11) is 0. The van der Waals surface area contributed by atoms with Crippen molar-refractivity contribution in [1.82, 2.24) is 10.2 Å². The molecule has 0 aliphatic carbocycles. The van der Waals surface area contributed by atoms with E-state index < -0.39 is 6.16 Å². The highest BCUT2D eigenvalue weighted by atomic mass is 32.1. The number of carbonyl (C=O) groups is 2. The van der Waals surface area contributed by atoms with Gasteiger partial charge in [-0.15, -0.1) is 0 Å². The Morgan fingerprint density at radius 3 is 2.89 bits per heavy atom. The molecule has 0 atom stereocenters. The van der Waals surface area contributed by atoms with Crippen LogP contribution >= 0.6 is 11.3 Å². The molecular formula is C17H16N4O5S. The van der Waals surface area contributed by atoms with Crippen LogP contribution in [0.1, 0.15) is 10.4 Å². The Balaban J connectivity index is 1.53. The molecule has 3 heterocycles. The number of benzene rings is 1. The number of nitrogens with one attached hydrogen (secondary N) is 2. The zero-order valence-corrected chi connectivity index (χ0v) is 14.9. The lowest BCUT2D eigenvalue weighted by Crippen LogP contribution is -2.36. The molecule has 3 N–H and O–H groups in total.